The maximum Gasteiger partial charge on any atom is 0.0361 e. The van der Waals surface area contributed by atoms with Gasteiger partial charge in [-0.15, -0.1) is 11.3 Å². The molecule has 1 aliphatic rings. The van der Waals surface area contributed by atoms with Crippen LogP contribution in [0.25, 0.3) is 108 Å². The number of thiophene rings is 1. The van der Waals surface area contributed by atoms with Gasteiger partial charge in [0.1, 0.15) is 0 Å². The summed E-state index contributed by atoms with van der Waals surface area (Å²) in [6.07, 6.45) is 0. The van der Waals surface area contributed by atoms with Crippen molar-refractivity contribution in [1.29, 1.82) is 0 Å². The lowest BCUT2D eigenvalue weighted by molar-refractivity contribution is 0.661. The highest BCUT2D eigenvalue weighted by molar-refractivity contribution is 7.25. The van der Waals surface area contributed by atoms with Gasteiger partial charge in [0.2, 0.25) is 0 Å². The maximum absolute atomic E-state index is 2.47. The van der Waals surface area contributed by atoms with Crippen LogP contribution in [0.2, 0.25) is 0 Å². The molecule has 11 aromatic rings. The van der Waals surface area contributed by atoms with E-state index in [2.05, 4.69) is 196 Å². The fraction of sp³-hybridized carbons (Fsp3) is 0.0545. The summed E-state index contributed by atoms with van der Waals surface area (Å²) in [5.74, 6) is 0. The van der Waals surface area contributed by atoms with Crippen molar-refractivity contribution in [1.82, 2.24) is 0 Å². The van der Waals surface area contributed by atoms with Gasteiger partial charge in [-0.25, -0.2) is 0 Å². The van der Waals surface area contributed by atoms with Crippen molar-refractivity contribution in [2.24, 2.45) is 0 Å². The van der Waals surface area contributed by atoms with Crippen LogP contribution < -0.4 is 0 Å². The molecule has 0 fully saturated rings. The second-order valence-corrected chi connectivity index (χ2v) is 17.1. The van der Waals surface area contributed by atoms with Crippen LogP contribution in [0.4, 0.5) is 0 Å². The molecule has 12 rings (SSSR count). The van der Waals surface area contributed by atoms with Gasteiger partial charge >= 0.3 is 0 Å². The van der Waals surface area contributed by atoms with Gasteiger partial charge < -0.3 is 0 Å². The topological polar surface area (TPSA) is 0 Å². The molecule has 0 amide bonds. The highest BCUT2D eigenvalue weighted by atomic mass is 32.1. The van der Waals surface area contributed by atoms with Crippen molar-refractivity contribution in [2.45, 2.75) is 19.3 Å². The van der Waals surface area contributed by atoms with E-state index in [1.807, 2.05) is 11.3 Å². The molecule has 0 saturated carbocycles. The first-order chi connectivity index (χ1) is 27.5. The third-order valence-electron chi connectivity index (χ3n) is 12.6. The molecule has 0 saturated heterocycles. The minimum absolute atomic E-state index is 0.00183. The molecule has 0 nitrogen and oxygen atoms in total. The lowest BCUT2D eigenvalue weighted by Gasteiger charge is -2.21. The summed E-state index contributed by atoms with van der Waals surface area (Å²) < 4.78 is 2.71. The molecule has 1 aliphatic carbocycles. The zero-order valence-corrected chi connectivity index (χ0v) is 32.0. The Morgan fingerprint density at radius 2 is 0.911 bits per heavy atom. The molecule has 0 N–H and O–H groups in total. The van der Waals surface area contributed by atoms with Gasteiger partial charge in [-0.2, -0.15) is 0 Å². The molecule has 0 radical (unpaired) electrons. The first kappa shape index (κ1) is 31.8. The Morgan fingerprint density at radius 3 is 1.71 bits per heavy atom. The third-order valence-corrected chi connectivity index (χ3v) is 13.7. The van der Waals surface area contributed by atoms with Crippen LogP contribution in [0.15, 0.2) is 182 Å². The van der Waals surface area contributed by atoms with Gasteiger partial charge in [-0.3, -0.25) is 0 Å². The molecule has 0 spiro atoms. The molecule has 0 bridgehead atoms. The largest absolute Gasteiger partial charge is 0.135 e. The molecule has 56 heavy (non-hydrogen) atoms. The Balaban J connectivity index is 1.00. The summed E-state index contributed by atoms with van der Waals surface area (Å²) in [4.78, 5) is 0. The van der Waals surface area contributed by atoms with E-state index >= 15 is 0 Å². The van der Waals surface area contributed by atoms with Crippen LogP contribution >= 0.6 is 11.3 Å². The van der Waals surface area contributed by atoms with Gasteiger partial charge in [0.25, 0.3) is 0 Å². The van der Waals surface area contributed by atoms with E-state index in [0.29, 0.717) is 0 Å². The lowest BCUT2D eigenvalue weighted by Crippen LogP contribution is -2.14. The highest BCUT2D eigenvalue weighted by Crippen LogP contribution is 2.52. The Morgan fingerprint density at radius 1 is 0.321 bits per heavy atom. The summed E-state index contributed by atoms with van der Waals surface area (Å²) in [6.45, 7) is 4.74. The second-order valence-electron chi connectivity index (χ2n) is 16.0. The van der Waals surface area contributed by atoms with E-state index in [0.717, 1.165) is 0 Å². The van der Waals surface area contributed by atoms with E-state index in [9.17, 15) is 0 Å². The maximum atomic E-state index is 2.47. The Kier molecular flexibility index (Phi) is 6.66. The summed E-state index contributed by atoms with van der Waals surface area (Å²) >= 11 is 1.93. The Labute approximate surface area is 329 Å². The standard InChI is InChI=1S/C55H36S/c1-55(2)49-24-10-9-18-40(49)46-31-48-47-29-36-26-25-35(28-38(36)30-51(47)56-52(48)32-50(46)55)34-15-11-16-37(27-34)53-42-19-5-7-21-44(42)54(45-22-8-6-20-43(45)53)41-23-12-14-33-13-3-4-17-39(33)41/h3-32H,1-2H3. The molecule has 0 aliphatic heterocycles. The smallest absolute Gasteiger partial charge is 0.0361 e. The van der Waals surface area contributed by atoms with Crippen molar-refractivity contribution in [3.05, 3.63) is 193 Å². The third kappa shape index (κ3) is 4.53. The Bertz CT molecular complexity index is 3390. The number of fused-ring (bicyclic) bond motifs is 10. The van der Waals surface area contributed by atoms with Crippen LogP contribution in [-0.4, -0.2) is 0 Å². The van der Waals surface area contributed by atoms with E-state index in [1.54, 1.807) is 0 Å². The number of hydrogen-bond acceptors (Lipinski definition) is 1. The molecule has 0 unspecified atom stereocenters. The minimum atomic E-state index is 0.00183. The second kappa shape index (κ2) is 11.7. The van der Waals surface area contributed by atoms with E-state index in [4.69, 9.17) is 0 Å². The van der Waals surface area contributed by atoms with Crippen molar-refractivity contribution < 1.29 is 0 Å². The first-order valence-electron chi connectivity index (χ1n) is 19.6. The Hall–Kier alpha value is -6.54. The molecule has 0 atom stereocenters. The zero-order valence-electron chi connectivity index (χ0n) is 31.2. The molecule has 10 aromatic carbocycles. The van der Waals surface area contributed by atoms with Gasteiger partial charge in [-0.05, 0) is 135 Å². The molecular weight excluding hydrogens is 693 g/mol. The van der Waals surface area contributed by atoms with Crippen LogP contribution in [-0.2, 0) is 5.41 Å². The van der Waals surface area contributed by atoms with Gasteiger partial charge in [-0.1, -0.05) is 159 Å². The number of benzene rings is 10. The molecular formula is C55H36S. The SMILES string of the molecule is CC1(C)c2ccccc2-c2cc3c(cc21)sc1cc2cc(-c4cccc(-c5c6ccccc6c(-c6cccc7ccccc67)c6ccccc56)c4)ccc2cc13. The van der Waals surface area contributed by atoms with Gasteiger partial charge in [0, 0.05) is 25.6 Å². The highest BCUT2D eigenvalue weighted by Gasteiger charge is 2.35. The minimum Gasteiger partial charge on any atom is -0.135 e. The van der Waals surface area contributed by atoms with E-state index in [-0.39, 0.29) is 5.41 Å². The predicted molar refractivity (Wildman–Crippen MR) is 243 cm³/mol. The summed E-state index contributed by atoms with van der Waals surface area (Å²) in [5.41, 5.74) is 13.2. The monoisotopic (exact) mass is 728 g/mol. The summed E-state index contributed by atoms with van der Waals surface area (Å²) in [7, 11) is 0. The van der Waals surface area contributed by atoms with Crippen LogP contribution in [0, 0.1) is 0 Å². The summed E-state index contributed by atoms with van der Waals surface area (Å²) in [6, 6.07) is 68.3. The molecule has 262 valence electrons. The number of rotatable bonds is 3. The quantitative estimate of drug-likeness (QED) is 0.159. The molecule has 1 aromatic heterocycles. The predicted octanol–water partition coefficient (Wildman–Crippen LogP) is 16.0. The molecule has 1 heteroatoms. The van der Waals surface area contributed by atoms with Crippen molar-refractivity contribution in [3.63, 3.8) is 0 Å². The average molecular weight is 729 g/mol. The summed E-state index contributed by atoms with van der Waals surface area (Å²) in [5, 5.41) is 12.9. The zero-order chi connectivity index (χ0) is 37.1. The van der Waals surface area contributed by atoms with Gasteiger partial charge in [0.05, 0.1) is 0 Å². The fourth-order valence-corrected chi connectivity index (χ4v) is 11.1. The average Bonchev–Trinajstić information content (AvgIpc) is 3.70. The van der Waals surface area contributed by atoms with E-state index < -0.39 is 0 Å². The molecule has 1 heterocycles. The van der Waals surface area contributed by atoms with Crippen LogP contribution in [0.5, 0.6) is 0 Å². The van der Waals surface area contributed by atoms with Crippen molar-refractivity contribution >= 4 is 74.6 Å². The van der Waals surface area contributed by atoms with E-state index in [1.165, 1.54) is 119 Å². The number of hydrogen-bond donors (Lipinski definition) is 0. The van der Waals surface area contributed by atoms with Crippen LogP contribution in [0.1, 0.15) is 25.0 Å². The van der Waals surface area contributed by atoms with Crippen molar-refractivity contribution in [3.8, 4) is 44.5 Å². The lowest BCUT2D eigenvalue weighted by atomic mass is 9.82. The normalized spacial score (nSPS) is 13.3. The van der Waals surface area contributed by atoms with Crippen LogP contribution in [0.3, 0.4) is 0 Å². The van der Waals surface area contributed by atoms with Gasteiger partial charge in [0.15, 0.2) is 0 Å². The fourth-order valence-electron chi connectivity index (χ4n) is 9.92. The first-order valence-corrected chi connectivity index (χ1v) is 20.4. The van der Waals surface area contributed by atoms with Crippen molar-refractivity contribution in [2.75, 3.05) is 0 Å².